The number of nitrogens with one attached hydrogen (secondary N) is 1. The summed E-state index contributed by atoms with van der Waals surface area (Å²) in [5.41, 5.74) is 0. The first-order valence-corrected chi connectivity index (χ1v) is 41.8. The molecule has 0 bridgehead atoms. The Hall–Kier alpha value is -1.92. The lowest BCUT2D eigenvalue weighted by molar-refractivity contribution is -0.143. The van der Waals surface area contributed by atoms with E-state index in [1.165, 1.54) is 392 Å². The molecule has 6 nitrogen and oxygen atoms in total. The molecule has 1 amide bonds. The lowest BCUT2D eigenvalue weighted by Gasteiger charge is -2.20. The first-order valence-electron chi connectivity index (χ1n) is 41.8. The summed E-state index contributed by atoms with van der Waals surface area (Å²) in [6.07, 6.45) is 106. The van der Waals surface area contributed by atoms with Crippen molar-refractivity contribution < 1.29 is 24.5 Å². The van der Waals surface area contributed by atoms with Crippen LogP contribution in [0.15, 0.2) is 36.5 Å². The summed E-state index contributed by atoms with van der Waals surface area (Å²) in [6, 6.07) is -0.624. The van der Waals surface area contributed by atoms with Crippen LogP contribution in [-0.2, 0) is 14.3 Å². The molecule has 2 atom stereocenters. The molecular formula is C85H163NO5. The van der Waals surface area contributed by atoms with Gasteiger partial charge >= 0.3 is 5.97 Å². The van der Waals surface area contributed by atoms with Gasteiger partial charge in [0.05, 0.1) is 25.4 Å². The van der Waals surface area contributed by atoms with Gasteiger partial charge < -0.3 is 20.3 Å². The second kappa shape index (κ2) is 80.5. The molecule has 0 aliphatic heterocycles. The van der Waals surface area contributed by atoms with Crippen molar-refractivity contribution in [1.29, 1.82) is 0 Å². The number of aliphatic hydroxyl groups excluding tert-OH is 2. The zero-order valence-corrected chi connectivity index (χ0v) is 61.9. The molecule has 0 aliphatic carbocycles. The largest absolute Gasteiger partial charge is 0.466 e. The monoisotopic (exact) mass is 1280 g/mol. The summed E-state index contributed by atoms with van der Waals surface area (Å²) in [4.78, 5) is 24.6. The SMILES string of the molecule is CCC/C=C\C/C=C\CCCCCCCC(=O)OCCCCCCCCCCCCCCCCCCCCCCCCCCCCCCCCCCCCCCCCCC(=O)NC(CO)C(O)/C=C/CCCCCCCCCCCCCCCCCCCCCC. The van der Waals surface area contributed by atoms with Gasteiger partial charge in [-0.15, -0.1) is 0 Å². The van der Waals surface area contributed by atoms with Gasteiger partial charge in [0.1, 0.15) is 0 Å². The summed E-state index contributed by atoms with van der Waals surface area (Å²) < 4.78 is 5.49. The Morgan fingerprint density at radius 1 is 0.308 bits per heavy atom. The van der Waals surface area contributed by atoms with Crippen molar-refractivity contribution >= 4 is 11.9 Å². The van der Waals surface area contributed by atoms with Crippen molar-refractivity contribution in [2.24, 2.45) is 0 Å². The van der Waals surface area contributed by atoms with E-state index in [-0.39, 0.29) is 18.5 Å². The van der Waals surface area contributed by atoms with E-state index in [2.05, 4.69) is 43.5 Å². The van der Waals surface area contributed by atoms with E-state index in [1.54, 1.807) is 6.08 Å². The topological polar surface area (TPSA) is 95.9 Å². The third-order valence-electron chi connectivity index (χ3n) is 19.6. The fourth-order valence-electron chi connectivity index (χ4n) is 13.3. The number of amides is 1. The molecule has 6 heteroatoms. The normalized spacial score (nSPS) is 12.6. The number of carbonyl (C=O) groups excluding carboxylic acids is 2. The van der Waals surface area contributed by atoms with Crippen molar-refractivity contribution in [3.05, 3.63) is 36.5 Å². The Bertz CT molecular complexity index is 1470. The van der Waals surface area contributed by atoms with Crippen LogP contribution in [0, 0.1) is 0 Å². The number of carbonyl (C=O) groups is 2. The number of ether oxygens (including phenoxy) is 1. The highest BCUT2D eigenvalue weighted by atomic mass is 16.5. The molecule has 0 fully saturated rings. The number of unbranched alkanes of at least 4 members (excludes halogenated alkanes) is 64. The van der Waals surface area contributed by atoms with E-state index in [9.17, 15) is 19.8 Å². The zero-order valence-electron chi connectivity index (χ0n) is 61.9. The summed E-state index contributed by atoms with van der Waals surface area (Å²) in [7, 11) is 0. The maximum absolute atomic E-state index is 12.6. The van der Waals surface area contributed by atoms with Gasteiger partial charge in [-0.1, -0.05) is 436 Å². The molecule has 0 radical (unpaired) electrons. The molecule has 0 heterocycles. The molecule has 0 aliphatic rings. The van der Waals surface area contributed by atoms with Crippen LogP contribution in [0.25, 0.3) is 0 Å². The van der Waals surface area contributed by atoms with Crippen LogP contribution in [0.3, 0.4) is 0 Å². The maximum Gasteiger partial charge on any atom is 0.305 e. The highest BCUT2D eigenvalue weighted by molar-refractivity contribution is 5.76. The number of allylic oxidation sites excluding steroid dienone is 5. The molecule has 0 rings (SSSR count). The molecule has 0 aromatic carbocycles. The molecule has 3 N–H and O–H groups in total. The van der Waals surface area contributed by atoms with Crippen molar-refractivity contribution in [1.82, 2.24) is 5.32 Å². The maximum atomic E-state index is 12.6. The Balaban J connectivity index is 3.32. The van der Waals surface area contributed by atoms with Gasteiger partial charge in [0, 0.05) is 12.8 Å². The first kappa shape index (κ1) is 89.1. The Morgan fingerprint density at radius 3 is 0.879 bits per heavy atom. The highest BCUT2D eigenvalue weighted by Crippen LogP contribution is 2.21. The molecular weight excluding hydrogens is 1110 g/mol. The van der Waals surface area contributed by atoms with E-state index in [0.29, 0.717) is 19.4 Å². The summed E-state index contributed by atoms with van der Waals surface area (Å²) in [6.45, 7) is 4.89. The Labute approximate surface area is 570 Å². The second-order valence-electron chi connectivity index (χ2n) is 28.8. The predicted octanol–water partition coefficient (Wildman–Crippen LogP) is 27.8. The quantitative estimate of drug-likeness (QED) is 0.0320. The van der Waals surface area contributed by atoms with E-state index >= 15 is 0 Å². The van der Waals surface area contributed by atoms with Crippen molar-refractivity contribution in [2.75, 3.05) is 13.2 Å². The number of hydrogen-bond donors (Lipinski definition) is 3. The lowest BCUT2D eigenvalue weighted by Crippen LogP contribution is -2.45. The number of hydrogen-bond acceptors (Lipinski definition) is 5. The average molecular weight is 1280 g/mol. The number of esters is 1. The van der Waals surface area contributed by atoms with E-state index in [1.807, 2.05) is 6.08 Å². The summed E-state index contributed by atoms with van der Waals surface area (Å²) in [5, 5.41) is 23.3. The molecule has 0 saturated carbocycles. The standard InChI is InChI=1S/C85H163NO5/c1-3-5-7-9-11-13-15-17-18-19-20-21-41-44-47-50-54-57-61-65-69-73-77-83(88)82(81-87)86-84(89)78-74-70-66-62-58-55-51-48-45-42-39-37-35-33-31-29-27-25-23-22-24-26-28-30-32-34-36-38-40-43-46-49-52-56-60-64-68-72-76-80-91-85(90)79-75-71-67-63-59-53-16-14-12-10-8-6-4-2/h8,10,14,16,73,77,82-83,87-88H,3-7,9,11-13,15,17-72,74-76,78-81H2,1-2H3,(H,86,89)/b10-8-,16-14-,77-73+. The fourth-order valence-corrected chi connectivity index (χ4v) is 13.3. The molecule has 91 heavy (non-hydrogen) atoms. The Kier molecular flexibility index (Phi) is 78.8. The second-order valence-corrected chi connectivity index (χ2v) is 28.8. The lowest BCUT2D eigenvalue weighted by atomic mass is 10.0. The van der Waals surface area contributed by atoms with Crippen LogP contribution in [0.4, 0.5) is 0 Å². The van der Waals surface area contributed by atoms with Gasteiger partial charge in [-0.05, 0) is 57.8 Å². The van der Waals surface area contributed by atoms with Gasteiger partial charge in [0.2, 0.25) is 5.91 Å². The summed E-state index contributed by atoms with van der Waals surface area (Å²) in [5.74, 6) is -0.0478. The predicted molar refractivity (Wildman–Crippen MR) is 403 cm³/mol. The summed E-state index contributed by atoms with van der Waals surface area (Å²) >= 11 is 0. The van der Waals surface area contributed by atoms with Crippen LogP contribution >= 0.6 is 0 Å². The van der Waals surface area contributed by atoms with Gasteiger partial charge in [0.25, 0.3) is 0 Å². The number of rotatable bonds is 79. The molecule has 0 aromatic heterocycles. The number of aliphatic hydroxyl groups is 2. The van der Waals surface area contributed by atoms with E-state index < -0.39 is 12.1 Å². The van der Waals surface area contributed by atoms with E-state index in [4.69, 9.17) is 4.74 Å². The van der Waals surface area contributed by atoms with Gasteiger partial charge in [-0.3, -0.25) is 9.59 Å². The minimum absolute atomic E-state index is 0.00906. The van der Waals surface area contributed by atoms with Gasteiger partial charge in [-0.25, -0.2) is 0 Å². The van der Waals surface area contributed by atoms with Gasteiger partial charge in [0.15, 0.2) is 0 Å². The van der Waals surface area contributed by atoms with Crippen molar-refractivity contribution in [2.45, 2.75) is 482 Å². The molecule has 0 saturated heterocycles. The van der Waals surface area contributed by atoms with Crippen LogP contribution in [-0.4, -0.2) is 47.4 Å². The molecule has 2 unspecified atom stereocenters. The fraction of sp³-hybridized carbons (Fsp3) is 0.906. The Morgan fingerprint density at radius 2 is 0.571 bits per heavy atom. The smallest absolute Gasteiger partial charge is 0.305 e. The minimum atomic E-state index is -0.841. The molecule has 538 valence electrons. The molecule has 0 aromatic rings. The van der Waals surface area contributed by atoms with Crippen LogP contribution < -0.4 is 5.32 Å². The zero-order chi connectivity index (χ0) is 65.6. The first-order chi connectivity index (χ1) is 45.0. The third-order valence-corrected chi connectivity index (χ3v) is 19.6. The van der Waals surface area contributed by atoms with Gasteiger partial charge in [-0.2, -0.15) is 0 Å². The van der Waals surface area contributed by atoms with Crippen LogP contribution in [0.1, 0.15) is 470 Å². The molecule has 0 spiro atoms. The van der Waals surface area contributed by atoms with Crippen LogP contribution in [0.2, 0.25) is 0 Å². The highest BCUT2D eigenvalue weighted by Gasteiger charge is 2.18. The average Bonchev–Trinajstić information content (AvgIpc) is 3.70. The van der Waals surface area contributed by atoms with E-state index in [0.717, 1.165) is 51.4 Å². The van der Waals surface area contributed by atoms with Crippen LogP contribution in [0.5, 0.6) is 0 Å². The third kappa shape index (κ3) is 77.0. The van der Waals surface area contributed by atoms with Crippen molar-refractivity contribution in [3.63, 3.8) is 0 Å². The minimum Gasteiger partial charge on any atom is -0.466 e. The van der Waals surface area contributed by atoms with Crippen molar-refractivity contribution in [3.8, 4) is 0 Å².